The Labute approximate surface area is 181 Å². The highest BCUT2D eigenvalue weighted by atomic mass is 35.5. The van der Waals surface area contributed by atoms with Gasteiger partial charge in [-0.2, -0.15) is 8.78 Å². The van der Waals surface area contributed by atoms with Crippen molar-refractivity contribution in [3.63, 3.8) is 0 Å². The van der Waals surface area contributed by atoms with Gasteiger partial charge in [0.1, 0.15) is 11.5 Å². The Balaban J connectivity index is 1.64. The van der Waals surface area contributed by atoms with Gasteiger partial charge in [0.05, 0.1) is 12.1 Å². The van der Waals surface area contributed by atoms with Crippen LogP contribution in [0.3, 0.4) is 0 Å². The Morgan fingerprint density at radius 2 is 1.87 bits per heavy atom. The lowest BCUT2D eigenvalue weighted by atomic mass is 10.0. The number of hydrogen-bond donors (Lipinski definition) is 1. The molecule has 9 heteroatoms. The molecular formula is C22H16ClF2NO5. The van der Waals surface area contributed by atoms with Crippen molar-refractivity contribution < 1.29 is 32.5 Å². The van der Waals surface area contributed by atoms with Crippen LogP contribution in [0.5, 0.6) is 23.0 Å². The lowest BCUT2D eigenvalue weighted by Crippen LogP contribution is -2.12. The van der Waals surface area contributed by atoms with Crippen LogP contribution in [-0.4, -0.2) is 26.4 Å². The molecule has 3 aromatic rings. The third-order valence-corrected chi connectivity index (χ3v) is 4.82. The summed E-state index contributed by atoms with van der Waals surface area (Å²) in [5.74, 6) is 0.891. The second-order valence-electron chi connectivity index (χ2n) is 6.46. The Morgan fingerprint density at radius 3 is 2.58 bits per heavy atom. The predicted molar refractivity (Wildman–Crippen MR) is 111 cm³/mol. The van der Waals surface area contributed by atoms with E-state index in [-0.39, 0.29) is 23.1 Å². The number of nitrogens with one attached hydrogen (secondary N) is 1. The van der Waals surface area contributed by atoms with Crippen molar-refractivity contribution in [2.24, 2.45) is 0 Å². The quantitative estimate of drug-likeness (QED) is 0.533. The van der Waals surface area contributed by atoms with E-state index in [9.17, 15) is 13.6 Å². The van der Waals surface area contributed by atoms with E-state index in [2.05, 4.69) is 10.1 Å². The third kappa shape index (κ3) is 4.49. The number of rotatable bonds is 6. The van der Waals surface area contributed by atoms with Gasteiger partial charge < -0.3 is 24.3 Å². The molecule has 1 heterocycles. The summed E-state index contributed by atoms with van der Waals surface area (Å²) >= 11 is 6.14. The van der Waals surface area contributed by atoms with E-state index in [0.717, 1.165) is 0 Å². The lowest BCUT2D eigenvalue weighted by Gasteiger charge is -2.14. The maximum absolute atomic E-state index is 12.9. The standard InChI is InChI=1S/C22H16ClF2NO5/c1-28-15-5-2-12(3-6-15)16-10-14(4-7-18(16)31-22(24)25)26-21(27)13-8-17(23)20-19(9-13)29-11-30-20/h2-10,22H,11H2,1H3,(H,26,27). The lowest BCUT2D eigenvalue weighted by molar-refractivity contribution is -0.0494. The maximum atomic E-state index is 12.9. The van der Waals surface area contributed by atoms with Gasteiger partial charge in [-0.1, -0.05) is 23.7 Å². The van der Waals surface area contributed by atoms with Crippen LogP contribution in [0, 0.1) is 0 Å². The monoisotopic (exact) mass is 447 g/mol. The Bertz CT molecular complexity index is 1120. The molecule has 160 valence electrons. The van der Waals surface area contributed by atoms with E-state index in [4.69, 9.17) is 25.8 Å². The topological polar surface area (TPSA) is 66.0 Å². The fraction of sp³-hybridized carbons (Fsp3) is 0.136. The molecule has 1 aliphatic heterocycles. The fourth-order valence-corrected chi connectivity index (χ4v) is 3.37. The zero-order valence-electron chi connectivity index (χ0n) is 16.2. The number of fused-ring (bicyclic) bond motifs is 1. The van der Waals surface area contributed by atoms with E-state index in [1.807, 2.05) is 0 Å². The summed E-state index contributed by atoms with van der Waals surface area (Å²) in [7, 11) is 1.53. The van der Waals surface area contributed by atoms with Gasteiger partial charge in [0.2, 0.25) is 6.79 Å². The Hall–Kier alpha value is -3.52. The first kappa shape index (κ1) is 20.7. The molecule has 0 saturated heterocycles. The largest absolute Gasteiger partial charge is 0.497 e. The van der Waals surface area contributed by atoms with Crippen LogP contribution in [0.4, 0.5) is 14.5 Å². The van der Waals surface area contributed by atoms with Gasteiger partial charge in [0.25, 0.3) is 5.91 Å². The number of alkyl halides is 2. The molecule has 0 bridgehead atoms. The van der Waals surface area contributed by atoms with Gasteiger partial charge in [0.15, 0.2) is 11.5 Å². The van der Waals surface area contributed by atoms with Crippen molar-refractivity contribution >= 4 is 23.2 Å². The number of benzene rings is 3. The molecule has 0 fully saturated rings. The number of anilines is 1. The van der Waals surface area contributed by atoms with Crippen molar-refractivity contribution in [2.45, 2.75) is 6.61 Å². The average Bonchev–Trinajstić information content (AvgIpc) is 3.24. The molecule has 0 saturated carbocycles. The van der Waals surface area contributed by atoms with Crippen LogP contribution in [0.15, 0.2) is 54.6 Å². The maximum Gasteiger partial charge on any atom is 0.387 e. The summed E-state index contributed by atoms with van der Waals surface area (Å²) in [4.78, 5) is 12.7. The van der Waals surface area contributed by atoms with E-state index in [0.29, 0.717) is 34.1 Å². The minimum atomic E-state index is -2.99. The fourth-order valence-electron chi connectivity index (χ4n) is 3.10. The van der Waals surface area contributed by atoms with Crippen LogP contribution in [0.1, 0.15) is 10.4 Å². The molecule has 1 amide bonds. The summed E-state index contributed by atoms with van der Waals surface area (Å²) in [6.45, 7) is -2.97. The highest BCUT2D eigenvalue weighted by molar-refractivity contribution is 6.32. The number of hydrogen-bond acceptors (Lipinski definition) is 5. The molecule has 0 spiro atoms. The molecule has 6 nitrogen and oxygen atoms in total. The Morgan fingerprint density at radius 1 is 1.10 bits per heavy atom. The summed E-state index contributed by atoms with van der Waals surface area (Å²) in [6, 6.07) is 14.2. The number of carbonyl (C=O) groups excluding carboxylic acids is 1. The van der Waals surface area contributed by atoms with Crippen LogP contribution in [-0.2, 0) is 0 Å². The number of ether oxygens (including phenoxy) is 4. The molecule has 1 aliphatic rings. The number of amides is 1. The van der Waals surface area contributed by atoms with Gasteiger partial charge >= 0.3 is 6.61 Å². The molecule has 0 aliphatic carbocycles. The molecule has 0 aromatic heterocycles. The summed E-state index contributed by atoms with van der Waals surface area (Å²) in [6.07, 6.45) is 0. The number of methoxy groups -OCH3 is 1. The Kier molecular flexibility index (Phi) is 5.81. The van der Waals surface area contributed by atoms with Crippen molar-refractivity contribution in [1.29, 1.82) is 0 Å². The highest BCUT2D eigenvalue weighted by Gasteiger charge is 2.21. The zero-order chi connectivity index (χ0) is 22.0. The van der Waals surface area contributed by atoms with Gasteiger partial charge in [-0.3, -0.25) is 4.79 Å². The number of carbonyl (C=O) groups is 1. The molecule has 1 N–H and O–H groups in total. The number of halogens is 3. The van der Waals surface area contributed by atoms with Crippen molar-refractivity contribution in [2.75, 3.05) is 19.2 Å². The molecule has 0 unspecified atom stereocenters. The zero-order valence-corrected chi connectivity index (χ0v) is 16.9. The second kappa shape index (κ2) is 8.69. The van der Waals surface area contributed by atoms with Gasteiger partial charge in [-0.25, -0.2) is 0 Å². The molecule has 4 rings (SSSR count). The highest BCUT2D eigenvalue weighted by Crippen LogP contribution is 2.40. The first-order valence-electron chi connectivity index (χ1n) is 9.08. The van der Waals surface area contributed by atoms with E-state index in [1.54, 1.807) is 30.3 Å². The van der Waals surface area contributed by atoms with Crippen LogP contribution in [0.25, 0.3) is 11.1 Å². The predicted octanol–water partition coefficient (Wildman–Crippen LogP) is 5.60. The van der Waals surface area contributed by atoms with Crippen molar-refractivity contribution in [1.82, 2.24) is 0 Å². The molecule has 3 aromatic carbocycles. The first-order valence-corrected chi connectivity index (χ1v) is 9.46. The molecule has 31 heavy (non-hydrogen) atoms. The van der Waals surface area contributed by atoms with Crippen LogP contribution >= 0.6 is 11.6 Å². The van der Waals surface area contributed by atoms with Crippen LogP contribution < -0.4 is 24.3 Å². The minimum absolute atomic E-state index is 0.0238. The molecule has 0 atom stereocenters. The van der Waals surface area contributed by atoms with E-state index in [1.165, 1.54) is 31.4 Å². The third-order valence-electron chi connectivity index (χ3n) is 4.54. The van der Waals surface area contributed by atoms with Gasteiger partial charge in [0, 0.05) is 16.8 Å². The molecular weight excluding hydrogens is 432 g/mol. The van der Waals surface area contributed by atoms with E-state index >= 15 is 0 Å². The van der Waals surface area contributed by atoms with Gasteiger partial charge in [-0.05, 0) is 48.0 Å². The summed E-state index contributed by atoms with van der Waals surface area (Å²) in [5, 5.41) is 2.98. The summed E-state index contributed by atoms with van der Waals surface area (Å²) in [5.41, 5.74) is 1.63. The minimum Gasteiger partial charge on any atom is -0.497 e. The SMILES string of the molecule is COc1ccc(-c2cc(NC(=O)c3cc(Cl)c4c(c3)OCO4)ccc2OC(F)F)cc1. The second-order valence-corrected chi connectivity index (χ2v) is 6.87. The smallest absolute Gasteiger partial charge is 0.387 e. The normalized spacial score (nSPS) is 12.0. The van der Waals surface area contributed by atoms with Crippen molar-refractivity contribution in [3.8, 4) is 34.1 Å². The van der Waals surface area contributed by atoms with Gasteiger partial charge in [-0.15, -0.1) is 0 Å². The molecule has 0 radical (unpaired) electrons. The van der Waals surface area contributed by atoms with Crippen molar-refractivity contribution in [3.05, 3.63) is 65.2 Å². The summed E-state index contributed by atoms with van der Waals surface area (Å²) < 4.78 is 46.0. The first-order chi connectivity index (χ1) is 14.9. The average molecular weight is 448 g/mol. The van der Waals surface area contributed by atoms with Crippen LogP contribution in [0.2, 0.25) is 5.02 Å². The van der Waals surface area contributed by atoms with E-state index < -0.39 is 12.5 Å².